The van der Waals surface area contributed by atoms with E-state index in [1.807, 2.05) is 51.1 Å². The summed E-state index contributed by atoms with van der Waals surface area (Å²) in [5, 5.41) is 24.7. The second-order valence-electron chi connectivity index (χ2n) is 10.1. The number of carbonyl (C=O) groups excluding carboxylic acids is 1. The van der Waals surface area contributed by atoms with E-state index in [4.69, 9.17) is 5.41 Å². The summed E-state index contributed by atoms with van der Waals surface area (Å²) in [5.74, 6) is -2.49. The maximum absolute atomic E-state index is 14.7. The number of benzene rings is 2. The lowest BCUT2D eigenvalue weighted by atomic mass is 9.75. The lowest BCUT2D eigenvalue weighted by Gasteiger charge is -2.39. The Morgan fingerprint density at radius 2 is 1.77 bits per heavy atom. The summed E-state index contributed by atoms with van der Waals surface area (Å²) in [6.45, 7) is 8.17. The van der Waals surface area contributed by atoms with Crippen molar-refractivity contribution < 1.29 is 18.7 Å². The van der Waals surface area contributed by atoms with Crippen molar-refractivity contribution in [2.75, 3.05) is 18.5 Å². The second kappa shape index (κ2) is 12.8. The SMILES string of the molecule is CCCCC(C(=N)c1ccc(F)cc1F)C(C)(Nc1ccccc1)C(=O)NCCCC(C)(C)CO. The molecule has 7 heteroatoms. The van der Waals surface area contributed by atoms with Gasteiger partial charge in [-0.05, 0) is 55.9 Å². The number of rotatable bonds is 14. The lowest BCUT2D eigenvalue weighted by Crippen LogP contribution is -2.57. The van der Waals surface area contributed by atoms with Crippen molar-refractivity contribution in [3.05, 3.63) is 65.7 Å². The Hall–Kier alpha value is -2.80. The topological polar surface area (TPSA) is 85.2 Å². The zero-order chi connectivity index (χ0) is 26.1. The maximum Gasteiger partial charge on any atom is 0.246 e. The number of unbranched alkanes of at least 4 members (excludes halogenated alkanes) is 1. The summed E-state index contributed by atoms with van der Waals surface area (Å²) < 4.78 is 28.2. The number of amides is 1. The van der Waals surface area contributed by atoms with Crippen LogP contribution in [0.2, 0.25) is 0 Å². The molecule has 2 aromatic carbocycles. The average molecular weight is 488 g/mol. The first-order valence-corrected chi connectivity index (χ1v) is 12.3. The molecule has 192 valence electrons. The number of anilines is 1. The number of para-hydroxylation sites is 1. The number of hydrogen-bond donors (Lipinski definition) is 4. The van der Waals surface area contributed by atoms with Gasteiger partial charge in [0.05, 0.1) is 0 Å². The van der Waals surface area contributed by atoms with E-state index in [1.54, 1.807) is 6.92 Å². The molecule has 0 aliphatic heterocycles. The van der Waals surface area contributed by atoms with Crippen LogP contribution in [0.15, 0.2) is 48.5 Å². The Morgan fingerprint density at radius 3 is 2.37 bits per heavy atom. The zero-order valence-electron chi connectivity index (χ0n) is 21.3. The van der Waals surface area contributed by atoms with E-state index in [-0.39, 0.29) is 29.2 Å². The first kappa shape index (κ1) is 28.4. The van der Waals surface area contributed by atoms with Crippen LogP contribution in [0, 0.1) is 28.4 Å². The predicted octanol–water partition coefficient (Wildman–Crippen LogP) is 5.92. The van der Waals surface area contributed by atoms with Gasteiger partial charge in [0.2, 0.25) is 5.91 Å². The van der Waals surface area contributed by atoms with Crippen LogP contribution in [0.3, 0.4) is 0 Å². The van der Waals surface area contributed by atoms with Crippen molar-refractivity contribution in [2.45, 2.75) is 65.3 Å². The fourth-order valence-corrected chi connectivity index (χ4v) is 4.18. The molecular weight excluding hydrogens is 448 g/mol. The van der Waals surface area contributed by atoms with Crippen molar-refractivity contribution in [1.29, 1.82) is 5.41 Å². The van der Waals surface area contributed by atoms with E-state index in [9.17, 15) is 18.7 Å². The molecule has 0 fully saturated rings. The maximum atomic E-state index is 14.7. The summed E-state index contributed by atoms with van der Waals surface area (Å²) in [4.78, 5) is 13.7. The molecule has 0 saturated heterocycles. The van der Waals surface area contributed by atoms with E-state index in [0.717, 1.165) is 31.4 Å². The number of halogens is 2. The van der Waals surface area contributed by atoms with Gasteiger partial charge in [0.25, 0.3) is 0 Å². The van der Waals surface area contributed by atoms with Crippen molar-refractivity contribution in [2.24, 2.45) is 11.3 Å². The molecule has 4 N–H and O–H groups in total. The van der Waals surface area contributed by atoms with Crippen LogP contribution >= 0.6 is 0 Å². The molecule has 35 heavy (non-hydrogen) atoms. The smallest absolute Gasteiger partial charge is 0.246 e. The third-order valence-electron chi connectivity index (χ3n) is 6.51. The van der Waals surface area contributed by atoms with E-state index in [1.165, 1.54) is 6.07 Å². The van der Waals surface area contributed by atoms with E-state index >= 15 is 0 Å². The number of aliphatic hydroxyl groups is 1. The van der Waals surface area contributed by atoms with E-state index in [0.29, 0.717) is 25.1 Å². The van der Waals surface area contributed by atoms with Crippen molar-refractivity contribution in [3.8, 4) is 0 Å². The second-order valence-corrected chi connectivity index (χ2v) is 10.1. The molecule has 0 aliphatic carbocycles. The summed E-state index contributed by atoms with van der Waals surface area (Å²) >= 11 is 0. The van der Waals surface area contributed by atoms with Gasteiger partial charge in [-0.2, -0.15) is 0 Å². The van der Waals surface area contributed by atoms with Gasteiger partial charge in [-0.15, -0.1) is 0 Å². The summed E-state index contributed by atoms with van der Waals surface area (Å²) in [6, 6.07) is 12.4. The molecule has 0 heterocycles. The van der Waals surface area contributed by atoms with Crippen molar-refractivity contribution in [1.82, 2.24) is 5.32 Å². The highest BCUT2D eigenvalue weighted by Crippen LogP contribution is 2.32. The molecule has 0 spiro atoms. The number of nitrogens with one attached hydrogen (secondary N) is 3. The molecule has 5 nitrogen and oxygen atoms in total. The summed E-state index contributed by atoms with van der Waals surface area (Å²) in [7, 11) is 0. The number of hydrogen-bond acceptors (Lipinski definition) is 4. The van der Waals surface area contributed by atoms with Crippen LogP contribution in [0.1, 0.15) is 65.4 Å². The molecule has 2 aromatic rings. The van der Waals surface area contributed by atoms with Crippen LogP contribution in [0.25, 0.3) is 0 Å². The highest BCUT2D eigenvalue weighted by Gasteiger charge is 2.44. The van der Waals surface area contributed by atoms with Crippen molar-refractivity contribution >= 4 is 17.3 Å². The highest BCUT2D eigenvalue weighted by molar-refractivity contribution is 6.05. The number of aliphatic hydroxyl groups excluding tert-OH is 1. The van der Waals surface area contributed by atoms with Gasteiger partial charge in [-0.1, -0.05) is 51.8 Å². The average Bonchev–Trinajstić information content (AvgIpc) is 2.82. The molecule has 0 aromatic heterocycles. The van der Waals surface area contributed by atoms with Gasteiger partial charge >= 0.3 is 0 Å². The third kappa shape index (κ3) is 7.85. The minimum absolute atomic E-state index is 0.00825. The lowest BCUT2D eigenvalue weighted by molar-refractivity contribution is -0.126. The van der Waals surface area contributed by atoms with Crippen molar-refractivity contribution in [3.63, 3.8) is 0 Å². The van der Waals surface area contributed by atoms with E-state index in [2.05, 4.69) is 10.6 Å². The standard InChI is InChI=1S/C28H39F2N3O2/c1-5-6-13-23(25(31)22-15-14-20(29)18-24(22)30)28(4,33-21-11-8-7-9-12-21)26(35)32-17-10-16-27(2,3)19-34/h7-9,11-12,14-15,18,23,31,33-34H,5-6,10,13,16-17,19H2,1-4H3,(H,32,35). The largest absolute Gasteiger partial charge is 0.396 e. The Balaban J connectivity index is 2.39. The van der Waals surface area contributed by atoms with Crippen LogP contribution in [0.5, 0.6) is 0 Å². The van der Waals surface area contributed by atoms with Gasteiger partial charge in [0.15, 0.2) is 0 Å². The molecule has 0 bridgehead atoms. The first-order valence-electron chi connectivity index (χ1n) is 12.3. The Bertz CT molecular complexity index is 981. The molecular formula is C28H39F2N3O2. The fraction of sp³-hybridized carbons (Fsp3) is 0.500. The fourth-order valence-electron chi connectivity index (χ4n) is 4.18. The third-order valence-corrected chi connectivity index (χ3v) is 6.51. The Kier molecular flexibility index (Phi) is 10.4. The molecule has 0 radical (unpaired) electrons. The minimum Gasteiger partial charge on any atom is -0.396 e. The van der Waals surface area contributed by atoms with E-state index < -0.39 is 23.1 Å². The van der Waals surface area contributed by atoms with Crippen LogP contribution < -0.4 is 10.6 Å². The van der Waals surface area contributed by atoms with Gasteiger partial charge in [0, 0.05) is 42.1 Å². The van der Waals surface area contributed by atoms with Gasteiger partial charge in [-0.25, -0.2) is 8.78 Å². The highest BCUT2D eigenvalue weighted by atomic mass is 19.1. The molecule has 1 amide bonds. The molecule has 2 atom stereocenters. The summed E-state index contributed by atoms with van der Waals surface area (Å²) in [6.07, 6.45) is 3.48. The monoisotopic (exact) mass is 487 g/mol. The van der Waals surface area contributed by atoms with Crippen LogP contribution in [-0.2, 0) is 4.79 Å². The normalized spacial score (nSPS) is 14.1. The zero-order valence-corrected chi connectivity index (χ0v) is 21.3. The first-order chi connectivity index (χ1) is 16.5. The summed E-state index contributed by atoms with van der Waals surface area (Å²) in [5.41, 5.74) is -0.839. The molecule has 2 rings (SSSR count). The Morgan fingerprint density at radius 1 is 1.09 bits per heavy atom. The van der Waals surface area contributed by atoms with Crippen LogP contribution in [0.4, 0.5) is 14.5 Å². The van der Waals surface area contributed by atoms with Crippen LogP contribution in [-0.4, -0.2) is 35.4 Å². The van der Waals surface area contributed by atoms with Gasteiger partial charge < -0.3 is 21.1 Å². The quantitative estimate of drug-likeness (QED) is 0.197. The number of carbonyl (C=O) groups is 1. The minimum atomic E-state index is -1.26. The molecule has 2 unspecified atom stereocenters. The van der Waals surface area contributed by atoms with Gasteiger partial charge in [0.1, 0.15) is 17.2 Å². The predicted molar refractivity (Wildman–Crippen MR) is 138 cm³/mol. The molecule has 0 aliphatic rings. The molecule has 0 saturated carbocycles. The Labute approximate surface area is 207 Å². The van der Waals surface area contributed by atoms with Gasteiger partial charge in [-0.3, -0.25) is 4.79 Å².